The topological polar surface area (TPSA) is 55.1 Å². The Hall–Kier alpha value is -1.51. The lowest BCUT2D eigenvalue weighted by molar-refractivity contribution is 0.0911. The second-order valence-corrected chi connectivity index (χ2v) is 5.97. The lowest BCUT2D eigenvalue weighted by Gasteiger charge is -2.32. The molecule has 104 valence electrons. The van der Waals surface area contributed by atoms with Crippen LogP contribution in [0.3, 0.4) is 0 Å². The predicted molar refractivity (Wildman–Crippen MR) is 79.0 cm³/mol. The number of carbonyl (C=O) groups excluding carboxylic acids is 1. The van der Waals surface area contributed by atoms with Crippen LogP contribution in [-0.4, -0.2) is 11.9 Å². The van der Waals surface area contributed by atoms with Crippen LogP contribution in [0.15, 0.2) is 18.2 Å². The van der Waals surface area contributed by atoms with Gasteiger partial charge in [-0.2, -0.15) is 0 Å². The summed E-state index contributed by atoms with van der Waals surface area (Å²) in [6, 6.07) is 5.90. The molecule has 1 saturated carbocycles. The maximum Gasteiger partial charge on any atom is 0.253 e. The maximum absolute atomic E-state index is 12.3. The largest absolute Gasteiger partial charge is 0.398 e. The molecule has 3 unspecified atom stereocenters. The summed E-state index contributed by atoms with van der Waals surface area (Å²) in [5.41, 5.74) is 8.13. The number of nitrogens with two attached hydrogens (primary N) is 1. The minimum atomic E-state index is -0.0343. The van der Waals surface area contributed by atoms with E-state index in [1.807, 2.05) is 19.1 Å². The third-order valence-electron chi connectivity index (χ3n) is 4.50. The van der Waals surface area contributed by atoms with Crippen molar-refractivity contribution in [2.24, 2.45) is 11.8 Å². The summed E-state index contributed by atoms with van der Waals surface area (Å²) in [5, 5.41) is 3.14. The SMILES string of the molecule is Cc1cccc(C(=O)NC2CCC(C)C(C)C2)c1N. The monoisotopic (exact) mass is 260 g/mol. The number of nitrogens with one attached hydrogen (secondary N) is 1. The van der Waals surface area contributed by atoms with Crippen molar-refractivity contribution < 1.29 is 4.79 Å². The molecular weight excluding hydrogens is 236 g/mol. The van der Waals surface area contributed by atoms with Crippen LogP contribution in [-0.2, 0) is 0 Å². The van der Waals surface area contributed by atoms with Gasteiger partial charge in [0.15, 0.2) is 0 Å². The lowest BCUT2D eigenvalue weighted by Crippen LogP contribution is -2.40. The maximum atomic E-state index is 12.3. The van der Waals surface area contributed by atoms with Crippen molar-refractivity contribution in [2.75, 3.05) is 5.73 Å². The van der Waals surface area contributed by atoms with Gasteiger partial charge in [0.2, 0.25) is 0 Å². The molecule has 0 aliphatic heterocycles. The molecule has 1 aromatic rings. The third-order valence-corrected chi connectivity index (χ3v) is 4.50. The number of hydrogen-bond donors (Lipinski definition) is 2. The van der Waals surface area contributed by atoms with E-state index in [1.54, 1.807) is 6.07 Å². The fourth-order valence-corrected chi connectivity index (χ4v) is 2.82. The van der Waals surface area contributed by atoms with Crippen LogP contribution >= 0.6 is 0 Å². The van der Waals surface area contributed by atoms with Crippen LogP contribution in [0.4, 0.5) is 5.69 Å². The Morgan fingerprint density at radius 1 is 1.26 bits per heavy atom. The minimum absolute atomic E-state index is 0.0343. The van der Waals surface area contributed by atoms with E-state index in [1.165, 1.54) is 6.42 Å². The number of hydrogen-bond acceptors (Lipinski definition) is 2. The standard InChI is InChI=1S/C16H24N2O/c1-10-7-8-13(9-12(10)3)18-16(19)14-6-4-5-11(2)15(14)17/h4-6,10,12-13H,7-9,17H2,1-3H3,(H,18,19). The van der Waals surface area contributed by atoms with Crippen molar-refractivity contribution in [2.45, 2.75) is 46.1 Å². The number of anilines is 1. The van der Waals surface area contributed by atoms with E-state index in [9.17, 15) is 4.79 Å². The highest BCUT2D eigenvalue weighted by atomic mass is 16.1. The molecule has 1 aliphatic carbocycles. The van der Waals surface area contributed by atoms with E-state index in [2.05, 4.69) is 19.2 Å². The molecule has 0 spiro atoms. The Balaban J connectivity index is 2.03. The Morgan fingerprint density at radius 3 is 2.68 bits per heavy atom. The van der Waals surface area contributed by atoms with Gasteiger partial charge in [-0.15, -0.1) is 0 Å². The molecule has 0 radical (unpaired) electrons. The zero-order chi connectivity index (χ0) is 14.0. The zero-order valence-electron chi connectivity index (χ0n) is 12.1. The quantitative estimate of drug-likeness (QED) is 0.803. The molecule has 2 rings (SSSR count). The average molecular weight is 260 g/mol. The van der Waals surface area contributed by atoms with E-state index in [-0.39, 0.29) is 5.91 Å². The van der Waals surface area contributed by atoms with Gasteiger partial charge in [-0.3, -0.25) is 4.79 Å². The van der Waals surface area contributed by atoms with Crippen LogP contribution < -0.4 is 11.1 Å². The second-order valence-electron chi connectivity index (χ2n) is 5.97. The fraction of sp³-hybridized carbons (Fsp3) is 0.562. The highest BCUT2D eigenvalue weighted by Gasteiger charge is 2.26. The number of carbonyl (C=O) groups is 1. The highest BCUT2D eigenvalue weighted by Crippen LogP contribution is 2.29. The van der Waals surface area contributed by atoms with Gasteiger partial charge in [-0.25, -0.2) is 0 Å². The van der Waals surface area contributed by atoms with E-state index >= 15 is 0 Å². The molecule has 1 aliphatic rings. The van der Waals surface area contributed by atoms with Crippen LogP contribution in [0.5, 0.6) is 0 Å². The van der Waals surface area contributed by atoms with E-state index < -0.39 is 0 Å². The van der Waals surface area contributed by atoms with E-state index in [0.29, 0.717) is 23.2 Å². The van der Waals surface area contributed by atoms with Crippen molar-refractivity contribution in [3.8, 4) is 0 Å². The number of para-hydroxylation sites is 1. The van der Waals surface area contributed by atoms with Gasteiger partial charge in [-0.1, -0.05) is 26.0 Å². The van der Waals surface area contributed by atoms with Crippen molar-refractivity contribution in [1.29, 1.82) is 0 Å². The van der Waals surface area contributed by atoms with Gasteiger partial charge in [0, 0.05) is 11.7 Å². The molecule has 3 atom stereocenters. The second kappa shape index (κ2) is 5.64. The first-order valence-corrected chi connectivity index (χ1v) is 7.15. The molecule has 1 amide bonds. The molecule has 0 aromatic heterocycles. The molecule has 3 heteroatoms. The first-order chi connectivity index (χ1) is 8.99. The summed E-state index contributed by atoms with van der Waals surface area (Å²) in [5.74, 6) is 1.40. The van der Waals surface area contributed by atoms with Gasteiger partial charge in [0.25, 0.3) is 5.91 Å². The molecule has 0 bridgehead atoms. The fourth-order valence-electron chi connectivity index (χ4n) is 2.82. The number of amides is 1. The third kappa shape index (κ3) is 3.09. The minimum Gasteiger partial charge on any atom is -0.398 e. The molecular formula is C16H24N2O. The van der Waals surface area contributed by atoms with Gasteiger partial charge in [0.1, 0.15) is 0 Å². The number of rotatable bonds is 2. The summed E-state index contributed by atoms with van der Waals surface area (Å²) in [7, 11) is 0. The predicted octanol–water partition coefficient (Wildman–Crippen LogP) is 3.13. The van der Waals surface area contributed by atoms with E-state index in [4.69, 9.17) is 5.73 Å². The van der Waals surface area contributed by atoms with Gasteiger partial charge >= 0.3 is 0 Å². The van der Waals surface area contributed by atoms with Crippen LogP contribution in [0.1, 0.15) is 49.0 Å². The van der Waals surface area contributed by atoms with Crippen molar-refractivity contribution in [1.82, 2.24) is 5.32 Å². The van der Waals surface area contributed by atoms with Crippen LogP contribution in [0.2, 0.25) is 0 Å². The smallest absolute Gasteiger partial charge is 0.253 e. The Labute approximate surface area is 115 Å². The summed E-state index contributed by atoms with van der Waals surface area (Å²) in [6.45, 7) is 6.49. The Bertz CT molecular complexity index is 470. The molecule has 3 N–H and O–H groups in total. The van der Waals surface area contributed by atoms with Gasteiger partial charge < -0.3 is 11.1 Å². The molecule has 1 fully saturated rings. The first-order valence-electron chi connectivity index (χ1n) is 7.15. The van der Waals surface area contributed by atoms with Gasteiger partial charge in [0.05, 0.1) is 5.56 Å². The molecule has 19 heavy (non-hydrogen) atoms. The molecule has 1 aromatic carbocycles. The summed E-state index contributed by atoms with van der Waals surface area (Å²) in [4.78, 5) is 12.3. The van der Waals surface area contributed by atoms with Crippen LogP contribution in [0.25, 0.3) is 0 Å². The number of benzene rings is 1. The zero-order valence-corrected chi connectivity index (χ0v) is 12.1. The van der Waals surface area contributed by atoms with Gasteiger partial charge in [-0.05, 0) is 49.7 Å². The number of nitrogen functional groups attached to an aromatic ring is 1. The Morgan fingerprint density at radius 2 is 2.00 bits per heavy atom. The summed E-state index contributed by atoms with van der Waals surface area (Å²) < 4.78 is 0. The molecule has 0 saturated heterocycles. The molecule has 0 heterocycles. The van der Waals surface area contributed by atoms with Crippen LogP contribution in [0, 0.1) is 18.8 Å². The molecule has 3 nitrogen and oxygen atoms in total. The number of aryl methyl sites for hydroxylation is 1. The summed E-state index contributed by atoms with van der Waals surface area (Å²) >= 11 is 0. The average Bonchev–Trinajstić information content (AvgIpc) is 2.37. The van der Waals surface area contributed by atoms with Crippen molar-refractivity contribution in [3.63, 3.8) is 0 Å². The normalized spacial score (nSPS) is 27.0. The highest BCUT2D eigenvalue weighted by molar-refractivity contribution is 5.99. The summed E-state index contributed by atoms with van der Waals surface area (Å²) in [6.07, 6.45) is 3.33. The lowest BCUT2D eigenvalue weighted by atomic mass is 9.79. The first kappa shape index (κ1) is 13.9. The van der Waals surface area contributed by atoms with E-state index in [0.717, 1.165) is 24.3 Å². The van der Waals surface area contributed by atoms with Crippen molar-refractivity contribution in [3.05, 3.63) is 29.3 Å². The van der Waals surface area contributed by atoms with Crippen molar-refractivity contribution >= 4 is 11.6 Å². The Kier molecular flexibility index (Phi) is 4.13.